The topological polar surface area (TPSA) is 58.1 Å². The molecular formula is C10H9F5N2O2S. The highest BCUT2D eigenvalue weighted by Crippen LogP contribution is 2.18. The van der Waals surface area contributed by atoms with E-state index in [1.54, 1.807) is 0 Å². The van der Waals surface area contributed by atoms with Crippen LogP contribution in [0.5, 0.6) is 5.88 Å². The van der Waals surface area contributed by atoms with Gasteiger partial charge in [-0.2, -0.15) is 26.9 Å². The largest absolute Gasteiger partial charge is 0.609 e. The molecule has 20 heavy (non-hydrogen) atoms. The van der Waals surface area contributed by atoms with E-state index in [0.717, 1.165) is 12.3 Å². The second-order valence-corrected chi connectivity index (χ2v) is 4.88. The molecule has 0 saturated heterocycles. The summed E-state index contributed by atoms with van der Waals surface area (Å²) < 4.78 is 75.3. The summed E-state index contributed by atoms with van der Waals surface area (Å²) in [4.78, 5) is 7.13. The first kappa shape index (κ1) is 16.6. The molecule has 1 aromatic rings. The average Bonchev–Trinajstić information content (AvgIpc) is 2.35. The highest BCUT2D eigenvalue weighted by Gasteiger charge is 2.29. The summed E-state index contributed by atoms with van der Waals surface area (Å²) in [5.41, 5.74) is 0. The van der Waals surface area contributed by atoms with Crippen molar-refractivity contribution in [3.05, 3.63) is 24.4 Å². The van der Waals surface area contributed by atoms with E-state index in [9.17, 15) is 26.5 Å². The van der Waals surface area contributed by atoms with Gasteiger partial charge in [0, 0.05) is 29.9 Å². The second kappa shape index (κ2) is 7.39. The van der Waals surface area contributed by atoms with Crippen LogP contribution in [0.2, 0.25) is 0 Å². The van der Waals surface area contributed by atoms with E-state index in [2.05, 4.69) is 14.7 Å². The number of ether oxygens (including phenoxy) is 1. The van der Waals surface area contributed by atoms with Crippen LogP contribution < -0.4 is 4.74 Å². The van der Waals surface area contributed by atoms with Crippen molar-refractivity contribution in [1.29, 1.82) is 0 Å². The fraction of sp³-hybridized carbons (Fsp3) is 0.400. The molecule has 1 atom stereocenters. The third-order valence-electron chi connectivity index (χ3n) is 1.80. The third-order valence-corrected chi connectivity index (χ3v) is 3.01. The Bertz CT molecular complexity index is 465. The summed E-state index contributed by atoms with van der Waals surface area (Å²) in [5, 5.41) is -0.266. The number of rotatable bonds is 6. The second-order valence-electron chi connectivity index (χ2n) is 3.41. The highest BCUT2D eigenvalue weighted by molar-refractivity contribution is 7.91. The molecule has 0 radical (unpaired) electrons. The van der Waals surface area contributed by atoms with Crippen LogP contribution in [0.1, 0.15) is 6.42 Å². The van der Waals surface area contributed by atoms with E-state index < -0.39 is 30.0 Å². The molecular weight excluding hydrogens is 307 g/mol. The minimum Gasteiger partial charge on any atom is -0.609 e. The predicted octanol–water partition coefficient (Wildman–Crippen LogP) is 2.70. The third kappa shape index (κ3) is 6.66. The molecule has 1 aromatic heterocycles. The van der Waals surface area contributed by atoms with Crippen LogP contribution in [-0.4, -0.2) is 33.1 Å². The fourth-order valence-electron chi connectivity index (χ4n) is 1.04. The standard InChI is InChI=1S/C10H9F5N2O2S/c11-7(12)2-1-5-20(18)9-16-4-3-8(17-9)19-6-10(13,14)15/h2-4H,1,5-6H2. The van der Waals surface area contributed by atoms with Crippen LogP contribution in [0, 0.1) is 0 Å². The van der Waals surface area contributed by atoms with E-state index >= 15 is 0 Å². The van der Waals surface area contributed by atoms with Crippen LogP contribution in [0.3, 0.4) is 0 Å². The van der Waals surface area contributed by atoms with Crippen molar-refractivity contribution >= 4 is 11.2 Å². The summed E-state index contributed by atoms with van der Waals surface area (Å²) in [6, 6.07) is 1.08. The summed E-state index contributed by atoms with van der Waals surface area (Å²) in [6.45, 7) is -1.54. The minimum absolute atomic E-state index is 0.161. The van der Waals surface area contributed by atoms with Gasteiger partial charge >= 0.3 is 11.3 Å². The number of allylic oxidation sites excluding steroid dienone is 1. The maximum atomic E-state index is 11.9. The van der Waals surface area contributed by atoms with Gasteiger partial charge in [0.25, 0.3) is 6.08 Å². The molecule has 0 aromatic carbocycles. The van der Waals surface area contributed by atoms with Crippen molar-refractivity contribution in [3.8, 4) is 5.88 Å². The molecule has 1 rings (SSSR count). The summed E-state index contributed by atoms with van der Waals surface area (Å²) in [7, 11) is 0. The number of alkyl halides is 3. The lowest BCUT2D eigenvalue weighted by molar-refractivity contribution is -0.154. The normalized spacial score (nSPS) is 12.9. The molecule has 0 fully saturated rings. The van der Waals surface area contributed by atoms with E-state index in [1.807, 2.05) is 0 Å². The molecule has 0 bridgehead atoms. The van der Waals surface area contributed by atoms with E-state index in [4.69, 9.17) is 0 Å². The summed E-state index contributed by atoms with van der Waals surface area (Å²) >= 11 is -1.80. The van der Waals surface area contributed by atoms with Crippen LogP contribution in [0.25, 0.3) is 0 Å². The Hall–Kier alpha value is -1.42. The summed E-state index contributed by atoms with van der Waals surface area (Å²) in [6.07, 6.45) is -4.91. The molecule has 0 N–H and O–H groups in total. The Kier molecular flexibility index (Phi) is 6.14. The first-order valence-electron chi connectivity index (χ1n) is 5.20. The first-order chi connectivity index (χ1) is 9.28. The molecule has 4 nitrogen and oxygen atoms in total. The number of aromatic nitrogens is 2. The van der Waals surface area contributed by atoms with Crippen LogP contribution in [-0.2, 0) is 11.2 Å². The van der Waals surface area contributed by atoms with Crippen molar-refractivity contribution in [2.45, 2.75) is 17.8 Å². The molecule has 0 aliphatic carbocycles. The van der Waals surface area contributed by atoms with Gasteiger partial charge < -0.3 is 9.29 Å². The lowest BCUT2D eigenvalue weighted by atomic mass is 10.5. The van der Waals surface area contributed by atoms with Crippen molar-refractivity contribution in [2.24, 2.45) is 0 Å². The van der Waals surface area contributed by atoms with Gasteiger partial charge in [-0.1, -0.05) is 0 Å². The fourth-order valence-corrected chi connectivity index (χ4v) is 1.92. The number of halogens is 5. The maximum absolute atomic E-state index is 11.9. The van der Waals surface area contributed by atoms with Crippen molar-refractivity contribution in [2.75, 3.05) is 12.4 Å². The average molecular weight is 316 g/mol. The SMILES string of the molecule is [O-][S+](CCC=C(F)F)c1nccc(OCC(F)(F)F)n1. The van der Waals surface area contributed by atoms with Crippen LogP contribution in [0.4, 0.5) is 22.0 Å². The Morgan fingerprint density at radius 2 is 2.10 bits per heavy atom. The van der Waals surface area contributed by atoms with Crippen LogP contribution >= 0.6 is 0 Å². The van der Waals surface area contributed by atoms with E-state index in [-0.39, 0.29) is 23.2 Å². The molecule has 10 heteroatoms. The molecule has 0 aliphatic heterocycles. The molecule has 1 unspecified atom stereocenters. The number of nitrogens with zero attached hydrogens (tertiary/aromatic N) is 2. The van der Waals surface area contributed by atoms with Crippen molar-refractivity contribution in [1.82, 2.24) is 9.97 Å². The van der Waals surface area contributed by atoms with Gasteiger partial charge in [-0.05, 0) is 6.08 Å². The van der Waals surface area contributed by atoms with Gasteiger partial charge in [-0.3, -0.25) is 0 Å². The first-order valence-corrected chi connectivity index (χ1v) is 6.52. The number of hydrogen-bond donors (Lipinski definition) is 0. The minimum atomic E-state index is -4.52. The zero-order valence-corrected chi connectivity index (χ0v) is 10.7. The van der Waals surface area contributed by atoms with Crippen molar-refractivity contribution < 1.29 is 31.2 Å². The predicted molar refractivity (Wildman–Crippen MR) is 59.8 cm³/mol. The molecule has 0 spiro atoms. The smallest absolute Gasteiger partial charge is 0.422 e. The zero-order chi connectivity index (χ0) is 15.2. The lowest BCUT2D eigenvalue weighted by Crippen LogP contribution is -2.20. The Morgan fingerprint density at radius 1 is 1.40 bits per heavy atom. The molecule has 0 saturated carbocycles. The van der Waals surface area contributed by atoms with Gasteiger partial charge in [0.15, 0.2) is 6.61 Å². The lowest BCUT2D eigenvalue weighted by Gasteiger charge is -2.10. The number of hydrogen-bond acceptors (Lipinski definition) is 4. The van der Waals surface area contributed by atoms with Crippen molar-refractivity contribution in [3.63, 3.8) is 0 Å². The van der Waals surface area contributed by atoms with Gasteiger partial charge in [0.05, 0.1) is 0 Å². The zero-order valence-electron chi connectivity index (χ0n) is 9.86. The molecule has 0 aliphatic rings. The highest BCUT2D eigenvalue weighted by atomic mass is 32.2. The molecule has 1 heterocycles. The quantitative estimate of drug-likeness (QED) is 0.460. The monoisotopic (exact) mass is 316 g/mol. The van der Waals surface area contributed by atoms with Crippen LogP contribution in [0.15, 0.2) is 29.6 Å². The summed E-state index contributed by atoms with van der Waals surface area (Å²) in [5.74, 6) is -0.548. The Balaban J connectivity index is 2.60. The van der Waals surface area contributed by atoms with E-state index in [0.29, 0.717) is 6.08 Å². The van der Waals surface area contributed by atoms with Gasteiger partial charge in [0.2, 0.25) is 5.88 Å². The van der Waals surface area contributed by atoms with E-state index in [1.165, 1.54) is 0 Å². The van der Waals surface area contributed by atoms with Gasteiger partial charge in [0.1, 0.15) is 5.75 Å². The molecule has 112 valence electrons. The molecule has 0 amide bonds. The Labute approximate surface area is 113 Å². The Morgan fingerprint density at radius 3 is 2.70 bits per heavy atom. The van der Waals surface area contributed by atoms with Gasteiger partial charge in [-0.15, -0.1) is 4.98 Å². The van der Waals surface area contributed by atoms with Gasteiger partial charge in [-0.25, -0.2) is 0 Å². The maximum Gasteiger partial charge on any atom is 0.422 e.